The molecule has 0 spiro atoms. The van der Waals surface area contributed by atoms with E-state index in [9.17, 15) is 22.8 Å². The van der Waals surface area contributed by atoms with Crippen molar-refractivity contribution in [2.24, 2.45) is 0 Å². The Morgan fingerprint density at radius 1 is 0.854 bits per heavy atom. The highest BCUT2D eigenvalue weighted by atomic mass is 19.4. The fourth-order valence-electron chi connectivity index (χ4n) is 4.36. The molecule has 0 unspecified atom stereocenters. The lowest BCUT2D eigenvalue weighted by Crippen LogP contribution is -2.45. The van der Waals surface area contributed by atoms with E-state index in [0.717, 1.165) is 25.7 Å². The number of pyridine rings is 1. The Morgan fingerprint density at radius 2 is 1.46 bits per heavy atom. The second-order valence-corrected chi connectivity index (χ2v) is 9.60. The summed E-state index contributed by atoms with van der Waals surface area (Å²) < 4.78 is 41.6. The average Bonchev–Trinajstić information content (AvgIpc) is 2.94. The van der Waals surface area contributed by atoms with Crippen LogP contribution >= 0.6 is 0 Å². The summed E-state index contributed by atoms with van der Waals surface area (Å²) in [6, 6.07) is 13.3. The Balaban J connectivity index is 1.35. The molecule has 1 aromatic heterocycles. The summed E-state index contributed by atoms with van der Waals surface area (Å²) >= 11 is 0. The highest BCUT2D eigenvalue weighted by molar-refractivity contribution is 5.99. The Labute approximate surface area is 236 Å². The van der Waals surface area contributed by atoms with Gasteiger partial charge in [-0.2, -0.15) is 13.2 Å². The molecule has 0 aliphatic carbocycles. The molecule has 1 fully saturated rings. The molecule has 0 radical (unpaired) electrons. The van der Waals surface area contributed by atoms with Crippen LogP contribution in [0, 0.1) is 11.8 Å². The summed E-state index contributed by atoms with van der Waals surface area (Å²) in [5.74, 6) is 6.17. The molecule has 3 amide bonds. The van der Waals surface area contributed by atoms with Crippen molar-refractivity contribution in [1.29, 1.82) is 0 Å². The summed E-state index contributed by atoms with van der Waals surface area (Å²) in [5.41, 5.74) is 1.27. The number of likely N-dealkylation sites (N-methyl/N-ethyl adjacent to an activating group) is 1. The molecular formula is C30H31F3N6O2. The van der Waals surface area contributed by atoms with Crippen molar-refractivity contribution < 1.29 is 22.8 Å². The molecule has 2 heterocycles. The predicted octanol–water partition coefficient (Wildman–Crippen LogP) is 5.24. The first-order chi connectivity index (χ1) is 19.6. The topological polar surface area (TPSA) is 89.6 Å². The van der Waals surface area contributed by atoms with E-state index in [1.165, 1.54) is 19.1 Å². The number of nitrogens with zero attached hydrogens (tertiary/aromatic N) is 3. The number of carbonyl (C=O) groups is 2. The van der Waals surface area contributed by atoms with Crippen molar-refractivity contribution in [2.45, 2.75) is 26.6 Å². The van der Waals surface area contributed by atoms with Crippen LogP contribution in [0.5, 0.6) is 0 Å². The summed E-state index contributed by atoms with van der Waals surface area (Å²) in [7, 11) is 0. The molecule has 8 nitrogen and oxygen atoms in total. The zero-order valence-electron chi connectivity index (χ0n) is 22.8. The number of aromatic nitrogens is 1. The van der Waals surface area contributed by atoms with Gasteiger partial charge in [0, 0.05) is 68.3 Å². The molecule has 2 aromatic carbocycles. The van der Waals surface area contributed by atoms with E-state index in [1.54, 1.807) is 42.6 Å². The second kappa shape index (κ2) is 13.3. The molecule has 0 saturated carbocycles. The van der Waals surface area contributed by atoms with Crippen LogP contribution < -0.4 is 16.0 Å². The van der Waals surface area contributed by atoms with E-state index >= 15 is 0 Å². The van der Waals surface area contributed by atoms with E-state index in [0.29, 0.717) is 35.7 Å². The number of benzene rings is 2. The van der Waals surface area contributed by atoms with E-state index in [2.05, 4.69) is 44.6 Å². The maximum atomic E-state index is 13.9. The first-order valence-electron chi connectivity index (χ1n) is 13.2. The van der Waals surface area contributed by atoms with Crippen LogP contribution in [0.1, 0.15) is 36.1 Å². The number of halogens is 3. The molecular weight excluding hydrogens is 533 g/mol. The van der Waals surface area contributed by atoms with Crippen LogP contribution in [0.25, 0.3) is 0 Å². The van der Waals surface area contributed by atoms with Gasteiger partial charge in [-0.1, -0.05) is 24.8 Å². The molecule has 1 aliphatic heterocycles. The van der Waals surface area contributed by atoms with Gasteiger partial charge in [0.2, 0.25) is 5.91 Å². The van der Waals surface area contributed by atoms with Gasteiger partial charge in [-0.15, -0.1) is 0 Å². The third-order valence-corrected chi connectivity index (χ3v) is 6.54. The van der Waals surface area contributed by atoms with Crippen molar-refractivity contribution in [3.8, 4) is 11.8 Å². The van der Waals surface area contributed by atoms with Crippen molar-refractivity contribution in [3.63, 3.8) is 0 Å². The summed E-state index contributed by atoms with van der Waals surface area (Å²) in [6.45, 7) is 7.68. The minimum atomic E-state index is -4.55. The number of nitrogens with one attached hydrogen (secondary N) is 3. The first-order valence-corrected chi connectivity index (χ1v) is 13.2. The quantitative estimate of drug-likeness (QED) is 0.357. The number of urea groups is 1. The van der Waals surface area contributed by atoms with E-state index in [4.69, 9.17) is 0 Å². The fourth-order valence-corrected chi connectivity index (χ4v) is 4.36. The van der Waals surface area contributed by atoms with Crippen molar-refractivity contribution in [1.82, 2.24) is 14.8 Å². The highest BCUT2D eigenvalue weighted by Gasteiger charge is 2.34. The van der Waals surface area contributed by atoms with Crippen molar-refractivity contribution in [2.75, 3.05) is 48.7 Å². The number of hydrogen-bond acceptors (Lipinski definition) is 5. The lowest BCUT2D eigenvalue weighted by Gasteiger charge is -2.34. The summed E-state index contributed by atoms with van der Waals surface area (Å²) in [6.07, 6.45) is -3.00. The predicted molar refractivity (Wildman–Crippen MR) is 152 cm³/mol. The Kier molecular flexibility index (Phi) is 9.60. The van der Waals surface area contributed by atoms with Gasteiger partial charge in [-0.05, 0) is 60.6 Å². The molecule has 0 bridgehead atoms. The third kappa shape index (κ3) is 8.79. The molecule has 0 atom stereocenters. The SMILES string of the molecule is CCN1CCN(Cc2ccc(NC(=O)Nc3ccc(C#Cc4ccc(NC(C)=O)nc4)cc3)cc2C(F)(F)F)CC1. The minimum absolute atomic E-state index is 0.0509. The molecule has 41 heavy (non-hydrogen) atoms. The van der Waals surface area contributed by atoms with Gasteiger partial charge in [-0.3, -0.25) is 9.69 Å². The van der Waals surface area contributed by atoms with Gasteiger partial charge >= 0.3 is 12.2 Å². The summed E-state index contributed by atoms with van der Waals surface area (Å²) in [5, 5.41) is 7.70. The normalized spacial score (nSPS) is 14.1. The molecule has 11 heteroatoms. The standard InChI is InChI=1S/C30H31F3N6O2/c1-3-38-14-16-39(17-15-38)20-24-9-12-26(18-27(24)30(31,32)33)37-29(41)36-25-10-6-22(7-11-25)4-5-23-8-13-28(34-19-23)35-21(2)40/h6-13,18-19H,3,14-17,20H2,1-2H3,(H,34,35,40)(H2,36,37,41). The Morgan fingerprint density at radius 3 is 2.07 bits per heavy atom. The number of hydrogen-bond donors (Lipinski definition) is 3. The van der Waals surface area contributed by atoms with Crippen LogP contribution in [-0.4, -0.2) is 59.4 Å². The molecule has 214 valence electrons. The smallest absolute Gasteiger partial charge is 0.311 e. The van der Waals surface area contributed by atoms with Crippen LogP contribution in [0.4, 0.5) is 35.2 Å². The van der Waals surface area contributed by atoms with Gasteiger partial charge in [0.1, 0.15) is 5.82 Å². The van der Waals surface area contributed by atoms with Gasteiger partial charge in [0.05, 0.1) is 5.56 Å². The highest BCUT2D eigenvalue weighted by Crippen LogP contribution is 2.34. The molecule has 3 aromatic rings. The number of piperazine rings is 1. The summed E-state index contributed by atoms with van der Waals surface area (Å²) in [4.78, 5) is 32.0. The fraction of sp³-hybridized carbons (Fsp3) is 0.300. The maximum Gasteiger partial charge on any atom is 0.416 e. The van der Waals surface area contributed by atoms with E-state index in [-0.39, 0.29) is 23.7 Å². The lowest BCUT2D eigenvalue weighted by atomic mass is 10.0. The number of alkyl halides is 3. The number of rotatable bonds is 6. The number of anilines is 3. The van der Waals surface area contributed by atoms with Gasteiger partial charge < -0.3 is 20.9 Å². The zero-order chi connectivity index (χ0) is 29.4. The third-order valence-electron chi connectivity index (χ3n) is 6.54. The largest absolute Gasteiger partial charge is 0.416 e. The molecule has 1 aliphatic rings. The first kappa shape index (κ1) is 29.6. The zero-order valence-corrected chi connectivity index (χ0v) is 22.8. The van der Waals surface area contributed by atoms with Gasteiger partial charge in [0.15, 0.2) is 0 Å². The molecule has 1 saturated heterocycles. The molecule has 4 rings (SSSR count). The average molecular weight is 565 g/mol. The van der Waals surface area contributed by atoms with E-state index in [1.807, 2.05) is 4.90 Å². The van der Waals surface area contributed by atoms with E-state index < -0.39 is 17.8 Å². The number of amides is 3. The van der Waals surface area contributed by atoms with Crippen LogP contribution in [0.15, 0.2) is 60.8 Å². The minimum Gasteiger partial charge on any atom is -0.311 e. The second-order valence-electron chi connectivity index (χ2n) is 9.60. The maximum absolute atomic E-state index is 13.9. The van der Waals surface area contributed by atoms with Crippen LogP contribution in [0.3, 0.4) is 0 Å². The molecule has 3 N–H and O–H groups in total. The van der Waals surface area contributed by atoms with Crippen LogP contribution in [0.2, 0.25) is 0 Å². The van der Waals surface area contributed by atoms with Crippen molar-refractivity contribution in [3.05, 3.63) is 83.0 Å². The van der Waals surface area contributed by atoms with Gasteiger partial charge in [0.25, 0.3) is 0 Å². The Hall–Kier alpha value is -4.40. The van der Waals surface area contributed by atoms with Crippen LogP contribution in [-0.2, 0) is 17.5 Å². The lowest BCUT2D eigenvalue weighted by molar-refractivity contribution is -0.138. The van der Waals surface area contributed by atoms with Crippen molar-refractivity contribution >= 4 is 29.1 Å². The number of carbonyl (C=O) groups excluding carboxylic acids is 2. The van der Waals surface area contributed by atoms with Gasteiger partial charge in [-0.25, -0.2) is 9.78 Å². The Bertz CT molecular complexity index is 1420. The monoisotopic (exact) mass is 564 g/mol.